The topological polar surface area (TPSA) is 84.1 Å². The molecule has 3 aromatic carbocycles. The van der Waals surface area contributed by atoms with Gasteiger partial charge in [0.05, 0.1) is 11.1 Å². The molecule has 0 spiro atoms. The van der Waals surface area contributed by atoms with E-state index >= 15 is 0 Å². The quantitative estimate of drug-likeness (QED) is 0.523. The van der Waals surface area contributed by atoms with E-state index in [1.807, 2.05) is 61.5 Å². The number of nitrogens with zero attached hydrogens (tertiary/aromatic N) is 2. The van der Waals surface area contributed by atoms with Gasteiger partial charge < -0.3 is 16.2 Å². The fourth-order valence-corrected chi connectivity index (χ4v) is 3.08. The summed E-state index contributed by atoms with van der Waals surface area (Å²) >= 11 is 0. The summed E-state index contributed by atoms with van der Waals surface area (Å²) < 4.78 is 0. The van der Waals surface area contributed by atoms with Crippen molar-refractivity contribution in [3.63, 3.8) is 0 Å². The lowest BCUT2D eigenvalue weighted by molar-refractivity contribution is 0.477. The SMILES string of the molecule is C[C@@H](N)CNc1nc(-c2c(O)ccc3ccccc23)nc2ccccc12. The normalized spacial score (nSPS) is 12.4. The average molecular weight is 344 g/mol. The van der Waals surface area contributed by atoms with E-state index in [2.05, 4.69) is 5.32 Å². The van der Waals surface area contributed by atoms with Gasteiger partial charge in [-0.1, -0.05) is 42.5 Å². The predicted octanol–water partition coefficient (Wildman–Crippen LogP) is 3.91. The van der Waals surface area contributed by atoms with Gasteiger partial charge in [0, 0.05) is 18.0 Å². The Bertz CT molecular complexity index is 1090. The van der Waals surface area contributed by atoms with Crippen molar-refractivity contribution in [1.82, 2.24) is 9.97 Å². The minimum Gasteiger partial charge on any atom is -0.507 e. The molecule has 0 bridgehead atoms. The molecule has 1 heterocycles. The molecule has 0 radical (unpaired) electrons. The van der Waals surface area contributed by atoms with E-state index in [1.54, 1.807) is 6.07 Å². The molecule has 4 N–H and O–H groups in total. The molecule has 26 heavy (non-hydrogen) atoms. The van der Waals surface area contributed by atoms with Crippen LogP contribution in [-0.4, -0.2) is 27.7 Å². The number of phenols is 1. The highest BCUT2D eigenvalue weighted by atomic mass is 16.3. The molecule has 0 aliphatic heterocycles. The van der Waals surface area contributed by atoms with Crippen LogP contribution in [0, 0.1) is 0 Å². The van der Waals surface area contributed by atoms with Crippen LogP contribution in [0.15, 0.2) is 60.7 Å². The number of benzene rings is 3. The molecule has 0 aliphatic carbocycles. The maximum Gasteiger partial charge on any atom is 0.166 e. The molecule has 5 heteroatoms. The minimum absolute atomic E-state index is 0.00173. The zero-order valence-electron chi connectivity index (χ0n) is 14.5. The number of anilines is 1. The maximum absolute atomic E-state index is 10.5. The Labute approximate surface area is 151 Å². The number of phenolic OH excluding ortho intramolecular Hbond substituents is 1. The second-order valence-corrected chi connectivity index (χ2v) is 6.45. The average Bonchev–Trinajstić information content (AvgIpc) is 2.65. The van der Waals surface area contributed by atoms with E-state index in [-0.39, 0.29) is 11.8 Å². The number of aromatic hydroxyl groups is 1. The lowest BCUT2D eigenvalue weighted by Gasteiger charge is -2.14. The van der Waals surface area contributed by atoms with E-state index in [0.717, 1.165) is 27.5 Å². The zero-order chi connectivity index (χ0) is 18.1. The molecular weight excluding hydrogens is 324 g/mol. The van der Waals surface area contributed by atoms with Crippen LogP contribution in [0.4, 0.5) is 5.82 Å². The van der Waals surface area contributed by atoms with Gasteiger partial charge in [-0.2, -0.15) is 0 Å². The van der Waals surface area contributed by atoms with Crippen LogP contribution in [-0.2, 0) is 0 Å². The van der Waals surface area contributed by atoms with Crippen molar-refractivity contribution in [2.45, 2.75) is 13.0 Å². The first kappa shape index (κ1) is 16.3. The number of nitrogens with one attached hydrogen (secondary N) is 1. The van der Waals surface area contributed by atoms with Crippen molar-refractivity contribution in [2.75, 3.05) is 11.9 Å². The number of hydrogen-bond donors (Lipinski definition) is 3. The molecule has 1 aromatic heterocycles. The highest BCUT2D eigenvalue weighted by Gasteiger charge is 2.15. The van der Waals surface area contributed by atoms with Crippen LogP contribution in [0.25, 0.3) is 33.1 Å². The summed E-state index contributed by atoms with van der Waals surface area (Å²) in [6.07, 6.45) is 0. The third-order valence-corrected chi connectivity index (χ3v) is 4.33. The summed E-state index contributed by atoms with van der Waals surface area (Å²) in [7, 11) is 0. The Morgan fingerprint density at radius 1 is 0.962 bits per heavy atom. The standard InChI is InChI=1S/C21H20N4O/c1-13(22)12-23-20-16-8-4-5-9-17(16)24-21(25-20)19-15-7-3-2-6-14(15)10-11-18(19)26/h2-11,13,26H,12,22H2,1H3,(H,23,24,25)/t13-/m1/s1. The number of aromatic nitrogens is 2. The van der Waals surface area contributed by atoms with Crippen LogP contribution in [0.5, 0.6) is 5.75 Å². The number of rotatable bonds is 4. The van der Waals surface area contributed by atoms with Gasteiger partial charge in [-0.3, -0.25) is 0 Å². The van der Waals surface area contributed by atoms with E-state index in [4.69, 9.17) is 15.7 Å². The Hall–Kier alpha value is -3.18. The molecule has 0 aliphatic rings. The molecule has 4 rings (SSSR count). The van der Waals surface area contributed by atoms with Crippen molar-refractivity contribution in [1.29, 1.82) is 0 Å². The fourth-order valence-electron chi connectivity index (χ4n) is 3.08. The summed E-state index contributed by atoms with van der Waals surface area (Å²) in [4.78, 5) is 9.42. The number of nitrogens with two attached hydrogens (primary N) is 1. The van der Waals surface area contributed by atoms with Gasteiger partial charge in [0.25, 0.3) is 0 Å². The largest absolute Gasteiger partial charge is 0.507 e. The Kier molecular flexibility index (Phi) is 4.14. The van der Waals surface area contributed by atoms with Gasteiger partial charge >= 0.3 is 0 Å². The predicted molar refractivity (Wildman–Crippen MR) is 106 cm³/mol. The van der Waals surface area contributed by atoms with Gasteiger partial charge in [-0.15, -0.1) is 0 Å². The zero-order valence-corrected chi connectivity index (χ0v) is 14.5. The van der Waals surface area contributed by atoms with Gasteiger partial charge in [-0.25, -0.2) is 9.97 Å². The molecule has 0 saturated carbocycles. The number of para-hydroxylation sites is 1. The van der Waals surface area contributed by atoms with Gasteiger partial charge in [0.15, 0.2) is 5.82 Å². The summed E-state index contributed by atoms with van der Waals surface area (Å²) in [5, 5.41) is 16.7. The summed E-state index contributed by atoms with van der Waals surface area (Å²) in [6, 6.07) is 19.3. The highest BCUT2D eigenvalue weighted by Crippen LogP contribution is 2.36. The smallest absolute Gasteiger partial charge is 0.166 e. The van der Waals surface area contributed by atoms with E-state index < -0.39 is 0 Å². The summed E-state index contributed by atoms with van der Waals surface area (Å²) in [5.74, 6) is 1.37. The monoisotopic (exact) mass is 344 g/mol. The van der Waals surface area contributed by atoms with Gasteiger partial charge in [0.1, 0.15) is 11.6 Å². The molecule has 0 amide bonds. The molecule has 4 aromatic rings. The Morgan fingerprint density at radius 2 is 1.69 bits per heavy atom. The molecule has 0 saturated heterocycles. The van der Waals surface area contributed by atoms with Crippen molar-refractivity contribution in [3.05, 3.63) is 60.7 Å². The second-order valence-electron chi connectivity index (χ2n) is 6.45. The summed E-state index contributed by atoms with van der Waals surface area (Å²) in [6.45, 7) is 2.54. The van der Waals surface area contributed by atoms with Crippen LogP contribution in [0.3, 0.4) is 0 Å². The molecule has 130 valence electrons. The van der Waals surface area contributed by atoms with Crippen molar-refractivity contribution in [3.8, 4) is 17.1 Å². The first-order valence-corrected chi connectivity index (χ1v) is 8.61. The molecule has 5 nitrogen and oxygen atoms in total. The van der Waals surface area contributed by atoms with Crippen LogP contribution >= 0.6 is 0 Å². The Balaban J connectivity index is 1.97. The fraction of sp³-hybridized carbons (Fsp3) is 0.143. The molecule has 0 fully saturated rings. The lowest BCUT2D eigenvalue weighted by atomic mass is 10.0. The van der Waals surface area contributed by atoms with Crippen molar-refractivity contribution >= 4 is 27.5 Å². The molecule has 1 atom stereocenters. The minimum atomic E-state index is -0.00173. The maximum atomic E-state index is 10.5. The van der Waals surface area contributed by atoms with Crippen LogP contribution in [0.1, 0.15) is 6.92 Å². The van der Waals surface area contributed by atoms with E-state index in [1.165, 1.54) is 0 Å². The molecular formula is C21H20N4O. The van der Waals surface area contributed by atoms with Crippen LogP contribution < -0.4 is 11.1 Å². The lowest BCUT2D eigenvalue weighted by Crippen LogP contribution is -2.25. The number of hydrogen-bond acceptors (Lipinski definition) is 5. The van der Waals surface area contributed by atoms with Crippen molar-refractivity contribution in [2.24, 2.45) is 5.73 Å². The van der Waals surface area contributed by atoms with Gasteiger partial charge in [-0.05, 0) is 35.9 Å². The number of fused-ring (bicyclic) bond motifs is 2. The van der Waals surface area contributed by atoms with Crippen LogP contribution in [0.2, 0.25) is 0 Å². The third kappa shape index (κ3) is 2.93. The van der Waals surface area contributed by atoms with Crippen molar-refractivity contribution < 1.29 is 5.11 Å². The Morgan fingerprint density at radius 3 is 2.50 bits per heavy atom. The first-order valence-electron chi connectivity index (χ1n) is 8.61. The second kappa shape index (κ2) is 6.61. The third-order valence-electron chi connectivity index (χ3n) is 4.33. The first-order chi connectivity index (χ1) is 12.6. The highest BCUT2D eigenvalue weighted by molar-refractivity contribution is 6.00. The summed E-state index contributed by atoms with van der Waals surface area (Å²) in [5.41, 5.74) is 7.34. The van der Waals surface area contributed by atoms with E-state index in [0.29, 0.717) is 17.9 Å². The van der Waals surface area contributed by atoms with E-state index in [9.17, 15) is 5.11 Å². The van der Waals surface area contributed by atoms with Gasteiger partial charge in [0.2, 0.25) is 0 Å². The molecule has 0 unspecified atom stereocenters.